The highest BCUT2D eigenvalue weighted by molar-refractivity contribution is 5.91. The molecule has 0 saturated carbocycles. The summed E-state index contributed by atoms with van der Waals surface area (Å²) in [6, 6.07) is 15.8. The Labute approximate surface area is 147 Å². The van der Waals surface area contributed by atoms with Crippen LogP contribution in [0.4, 0.5) is 4.39 Å². The highest BCUT2D eigenvalue weighted by Crippen LogP contribution is 2.30. The molecule has 1 fully saturated rings. The quantitative estimate of drug-likeness (QED) is 0.861. The van der Waals surface area contributed by atoms with Gasteiger partial charge in [0, 0.05) is 19.2 Å². The molecule has 1 N–H and O–H groups in total. The Balaban J connectivity index is 1.54. The lowest BCUT2D eigenvalue weighted by Gasteiger charge is -2.33. The number of carbonyl (C=O) groups excluding carboxylic acids is 1. The number of likely N-dealkylation sites (tertiary alicyclic amines) is 1. The number of hydrogen-bond acceptors (Lipinski definition) is 2. The van der Waals surface area contributed by atoms with E-state index >= 15 is 0 Å². The summed E-state index contributed by atoms with van der Waals surface area (Å²) in [6.45, 7) is 1.25. The van der Waals surface area contributed by atoms with Gasteiger partial charge < -0.3 is 10.0 Å². The molecule has 1 amide bonds. The second-order valence-electron chi connectivity index (χ2n) is 6.41. The first-order valence-electron chi connectivity index (χ1n) is 8.59. The molecule has 1 atom stereocenters. The fourth-order valence-corrected chi connectivity index (χ4v) is 3.24. The third-order valence-corrected chi connectivity index (χ3v) is 4.71. The fourth-order valence-electron chi connectivity index (χ4n) is 3.24. The van der Waals surface area contributed by atoms with Crippen molar-refractivity contribution in [3.05, 3.63) is 77.6 Å². The Hall–Kier alpha value is -2.46. The minimum absolute atomic E-state index is 0.0723. The van der Waals surface area contributed by atoms with Crippen molar-refractivity contribution in [2.75, 3.05) is 13.1 Å². The van der Waals surface area contributed by atoms with E-state index in [1.54, 1.807) is 23.1 Å². The van der Waals surface area contributed by atoms with Gasteiger partial charge in [-0.2, -0.15) is 0 Å². The molecule has 0 spiro atoms. The topological polar surface area (TPSA) is 40.5 Å². The molecule has 1 aliphatic rings. The average Bonchev–Trinajstić information content (AvgIpc) is 2.66. The molecule has 0 radical (unpaired) electrons. The zero-order chi connectivity index (χ0) is 17.6. The fraction of sp³-hybridized carbons (Fsp3) is 0.286. The lowest BCUT2D eigenvalue weighted by molar-refractivity contribution is -0.127. The van der Waals surface area contributed by atoms with E-state index < -0.39 is 6.10 Å². The van der Waals surface area contributed by atoms with Crippen molar-refractivity contribution in [2.24, 2.45) is 5.92 Å². The van der Waals surface area contributed by atoms with Crippen LogP contribution in [-0.2, 0) is 4.79 Å². The zero-order valence-corrected chi connectivity index (χ0v) is 14.0. The molecule has 0 bridgehead atoms. The minimum atomic E-state index is -0.485. The van der Waals surface area contributed by atoms with Gasteiger partial charge in [0.15, 0.2) is 0 Å². The lowest BCUT2D eigenvalue weighted by Crippen LogP contribution is -2.38. The van der Waals surface area contributed by atoms with Crippen molar-refractivity contribution in [1.82, 2.24) is 4.90 Å². The second kappa shape index (κ2) is 8.08. The van der Waals surface area contributed by atoms with Gasteiger partial charge in [0.25, 0.3) is 0 Å². The molecule has 1 aliphatic heterocycles. The summed E-state index contributed by atoms with van der Waals surface area (Å²) >= 11 is 0. The van der Waals surface area contributed by atoms with Gasteiger partial charge in [0.05, 0.1) is 6.10 Å². The van der Waals surface area contributed by atoms with Crippen LogP contribution in [0.3, 0.4) is 0 Å². The van der Waals surface area contributed by atoms with E-state index in [1.165, 1.54) is 18.2 Å². The van der Waals surface area contributed by atoms with Crippen molar-refractivity contribution in [3.63, 3.8) is 0 Å². The lowest BCUT2D eigenvalue weighted by atomic mass is 9.87. The van der Waals surface area contributed by atoms with Gasteiger partial charge in [-0.15, -0.1) is 0 Å². The van der Waals surface area contributed by atoms with Crippen molar-refractivity contribution >= 4 is 12.0 Å². The number of hydrogen-bond donors (Lipinski definition) is 1. The maximum absolute atomic E-state index is 13.2. The zero-order valence-electron chi connectivity index (χ0n) is 14.0. The molecule has 130 valence electrons. The van der Waals surface area contributed by atoms with Gasteiger partial charge in [-0.25, -0.2) is 4.39 Å². The first-order chi connectivity index (χ1) is 12.1. The van der Waals surface area contributed by atoms with E-state index in [0.717, 1.165) is 18.4 Å². The predicted octanol–water partition coefficient (Wildman–Crippen LogP) is 3.81. The number of halogens is 1. The number of nitrogens with zero attached hydrogens (tertiary/aromatic N) is 1. The maximum atomic E-state index is 13.2. The van der Waals surface area contributed by atoms with Gasteiger partial charge in [0.2, 0.25) is 5.91 Å². The Bertz CT molecular complexity index is 737. The molecule has 1 heterocycles. The number of aliphatic hydroxyl groups excluding tert-OH is 1. The SMILES string of the molecule is O=C(C=Cc1cccc(F)c1)N1CCC(C(O)c2ccccc2)CC1. The highest BCUT2D eigenvalue weighted by Gasteiger charge is 2.27. The smallest absolute Gasteiger partial charge is 0.246 e. The largest absolute Gasteiger partial charge is 0.388 e. The van der Waals surface area contributed by atoms with Crippen LogP contribution in [0.25, 0.3) is 6.08 Å². The molecular weight excluding hydrogens is 317 g/mol. The summed E-state index contributed by atoms with van der Waals surface area (Å²) in [5.74, 6) is -0.221. The minimum Gasteiger partial charge on any atom is -0.388 e. The Morgan fingerprint density at radius 3 is 2.52 bits per heavy atom. The standard InChI is InChI=1S/C21H22FNO2/c22-19-8-4-5-16(15-19)9-10-20(24)23-13-11-18(12-14-23)21(25)17-6-2-1-3-7-17/h1-10,15,18,21,25H,11-14H2. The van der Waals surface area contributed by atoms with Crippen molar-refractivity contribution in [2.45, 2.75) is 18.9 Å². The molecule has 4 heteroatoms. The summed E-state index contributed by atoms with van der Waals surface area (Å²) in [7, 11) is 0. The molecule has 25 heavy (non-hydrogen) atoms. The van der Waals surface area contributed by atoms with E-state index in [4.69, 9.17) is 0 Å². The summed E-state index contributed by atoms with van der Waals surface area (Å²) in [4.78, 5) is 14.1. The van der Waals surface area contributed by atoms with E-state index in [0.29, 0.717) is 18.7 Å². The average molecular weight is 339 g/mol. The van der Waals surface area contributed by atoms with Gasteiger partial charge in [0.1, 0.15) is 5.82 Å². The van der Waals surface area contributed by atoms with Crippen molar-refractivity contribution in [3.8, 4) is 0 Å². The van der Waals surface area contributed by atoms with Crippen LogP contribution in [0.1, 0.15) is 30.1 Å². The van der Waals surface area contributed by atoms with Gasteiger partial charge in [-0.3, -0.25) is 4.79 Å². The molecular formula is C21H22FNO2. The van der Waals surface area contributed by atoms with Gasteiger partial charge in [-0.05, 0) is 48.1 Å². The normalized spacial score (nSPS) is 17.0. The third kappa shape index (κ3) is 4.54. The molecule has 0 aliphatic carbocycles. The number of piperidine rings is 1. The van der Waals surface area contributed by atoms with Crippen LogP contribution < -0.4 is 0 Å². The molecule has 2 aromatic carbocycles. The number of amides is 1. The van der Waals surface area contributed by atoms with Crippen LogP contribution in [-0.4, -0.2) is 29.0 Å². The number of benzene rings is 2. The summed E-state index contributed by atoms with van der Waals surface area (Å²) in [5, 5.41) is 10.5. The summed E-state index contributed by atoms with van der Waals surface area (Å²) in [5.41, 5.74) is 1.60. The van der Waals surface area contributed by atoms with Crippen LogP contribution in [0, 0.1) is 11.7 Å². The molecule has 3 nitrogen and oxygen atoms in total. The van der Waals surface area contributed by atoms with Gasteiger partial charge >= 0.3 is 0 Å². The van der Waals surface area contributed by atoms with Crippen LogP contribution >= 0.6 is 0 Å². The summed E-state index contributed by atoms with van der Waals surface area (Å²) in [6.07, 6.45) is 4.19. The van der Waals surface area contributed by atoms with E-state index in [9.17, 15) is 14.3 Å². The number of rotatable bonds is 4. The maximum Gasteiger partial charge on any atom is 0.246 e. The first kappa shape index (κ1) is 17.4. The highest BCUT2D eigenvalue weighted by atomic mass is 19.1. The molecule has 1 unspecified atom stereocenters. The predicted molar refractivity (Wildman–Crippen MR) is 96.1 cm³/mol. The van der Waals surface area contributed by atoms with Gasteiger partial charge in [-0.1, -0.05) is 42.5 Å². The van der Waals surface area contributed by atoms with Crippen molar-refractivity contribution in [1.29, 1.82) is 0 Å². The number of aliphatic hydroxyl groups is 1. The Morgan fingerprint density at radius 2 is 1.84 bits per heavy atom. The molecule has 1 saturated heterocycles. The second-order valence-corrected chi connectivity index (χ2v) is 6.41. The molecule has 2 aromatic rings. The Morgan fingerprint density at radius 1 is 1.12 bits per heavy atom. The van der Waals surface area contributed by atoms with Crippen molar-refractivity contribution < 1.29 is 14.3 Å². The van der Waals surface area contributed by atoms with Crippen LogP contribution in [0.5, 0.6) is 0 Å². The van der Waals surface area contributed by atoms with Crippen LogP contribution in [0.2, 0.25) is 0 Å². The van der Waals surface area contributed by atoms with Crippen LogP contribution in [0.15, 0.2) is 60.7 Å². The monoisotopic (exact) mass is 339 g/mol. The van der Waals surface area contributed by atoms with E-state index in [-0.39, 0.29) is 17.6 Å². The number of carbonyl (C=O) groups is 1. The summed E-state index contributed by atoms with van der Waals surface area (Å²) < 4.78 is 13.2. The van der Waals surface area contributed by atoms with E-state index in [2.05, 4.69) is 0 Å². The third-order valence-electron chi connectivity index (χ3n) is 4.71. The molecule has 0 aromatic heterocycles. The van der Waals surface area contributed by atoms with E-state index in [1.807, 2.05) is 30.3 Å². The molecule has 3 rings (SSSR count). The first-order valence-corrected chi connectivity index (χ1v) is 8.59. The Kier molecular flexibility index (Phi) is 5.61.